The molecule has 0 radical (unpaired) electrons. The molecule has 2 rings (SSSR count). The van der Waals surface area contributed by atoms with Crippen LogP contribution in [-0.4, -0.2) is 34.2 Å². The summed E-state index contributed by atoms with van der Waals surface area (Å²) >= 11 is 11.7. The number of sulfonamides is 1. The fraction of sp³-hybridized carbons (Fsp3) is 0.250. The predicted molar refractivity (Wildman–Crippen MR) is 97.4 cm³/mol. The zero-order valence-electron chi connectivity index (χ0n) is 13.2. The molecule has 0 heterocycles. The minimum atomic E-state index is -3.87. The van der Waals surface area contributed by atoms with Crippen molar-refractivity contribution in [2.24, 2.45) is 0 Å². The van der Waals surface area contributed by atoms with Gasteiger partial charge in [0.05, 0.1) is 11.1 Å². The molecule has 0 saturated heterocycles. The second-order valence-corrected chi connectivity index (χ2v) is 8.01. The summed E-state index contributed by atoms with van der Waals surface area (Å²) in [6.45, 7) is -0.174. The predicted octanol–water partition coefficient (Wildman–Crippen LogP) is 3.07. The van der Waals surface area contributed by atoms with Crippen molar-refractivity contribution in [2.45, 2.75) is 11.0 Å². The highest BCUT2D eigenvalue weighted by Gasteiger charge is 2.20. The Morgan fingerprint density at radius 2 is 1.75 bits per heavy atom. The Hall–Kier alpha value is -1.31. The molecule has 0 aliphatic carbocycles. The van der Waals surface area contributed by atoms with Crippen molar-refractivity contribution in [1.29, 1.82) is 0 Å². The van der Waals surface area contributed by atoms with Crippen LogP contribution in [0.5, 0.6) is 0 Å². The van der Waals surface area contributed by atoms with Gasteiger partial charge >= 0.3 is 0 Å². The van der Waals surface area contributed by atoms with Crippen LogP contribution in [0.1, 0.15) is 11.7 Å². The molecule has 1 atom stereocenters. The third-order valence-corrected chi connectivity index (χ3v) is 5.58. The van der Waals surface area contributed by atoms with Gasteiger partial charge in [-0.05, 0) is 35.9 Å². The molecule has 0 amide bonds. The number of aliphatic hydroxyl groups excluding tert-OH is 1. The summed E-state index contributed by atoms with van der Waals surface area (Å²) in [5.41, 5.74) is 1.60. The van der Waals surface area contributed by atoms with Crippen molar-refractivity contribution >= 4 is 38.9 Å². The Balaban J connectivity index is 2.10. The topological polar surface area (TPSA) is 69.6 Å². The second-order valence-electron chi connectivity index (χ2n) is 5.43. The van der Waals surface area contributed by atoms with Gasteiger partial charge in [-0.2, -0.15) is 0 Å². The Morgan fingerprint density at radius 1 is 1.12 bits per heavy atom. The van der Waals surface area contributed by atoms with E-state index in [1.54, 1.807) is 12.1 Å². The maximum absolute atomic E-state index is 12.3. The molecule has 0 spiro atoms. The number of nitrogens with one attached hydrogen (secondary N) is 1. The number of hydrogen-bond acceptors (Lipinski definition) is 4. The third kappa shape index (κ3) is 4.62. The van der Waals surface area contributed by atoms with Crippen LogP contribution in [0.2, 0.25) is 10.0 Å². The first kappa shape index (κ1) is 19.0. The van der Waals surface area contributed by atoms with Crippen LogP contribution in [0.15, 0.2) is 47.4 Å². The summed E-state index contributed by atoms with van der Waals surface area (Å²) in [4.78, 5) is 1.81. The van der Waals surface area contributed by atoms with Crippen molar-refractivity contribution in [2.75, 3.05) is 25.5 Å². The normalized spacial score (nSPS) is 12.9. The van der Waals surface area contributed by atoms with Crippen LogP contribution in [0.4, 0.5) is 5.69 Å². The summed E-state index contributed by atoms with van der Waals surface area (Å²) in [6.07, 6.45) is -0.978. The maximum Gasteiger partial charge on any atom is 0.242 e. The first-order chi connectivity index (χ1) is 11.2. The molecular weight excluding hydrogens is 371 g/mol. The van der Waals surface area contributed by atoms with Crippen LogP contribution in [0.25, 0.3) is 0 Å². The zero-order chi connectivity index (χ0) is 17.9. The first-order valence-electron chi connectivity index (χ1n) is 7.11. The number of halogens is 2. The number of nitrogens with zero attached hydrogens (tertiary/aromatic N) is 1. The van der Waals surface area contributed by atoms with Gasteiger partial charge < -0.3 is 10.0 Å². The van der Waals surface area contributed by atoms with E-state index in [-0.39, 0.29) is 21.5 Å². The summed E-state index contributed by atoms with van der Waals surface area (Å²) in [7, 11) is -0.0507. The highest BCUT2D eigenvalue weighted by atomic mass is 35.5. The van der Waals surface area contributed by atoms with Gasteiger partial charge in [-0.25, -0.2) is 13.1 Å². The molecule has 0 saturated carbocycles. The Kier molecular flexibility index (Phi) is 6.11. The summed E-state index contributed by atoms with van der Waals surface area (Å²) in [6, 6.07) is 11.4. The van der Waals surface area contributed by atoms with Gasteiger partial charge in [-0.3, -0.25) is 0 Å². The van der Waals surface area contributed by atoms with Crippen molar-refractivity contribution in [3.8, 4) is 0 Å². The SMILES string of the molecule is CN(C)c1ccc([C@H](O)CNS(=O)(=O)c2cc(Cl)ccc2Cl)cc1. The minimum absolute atomic E-state index is 0.0664. The number of anilines is 1. The van der Waals surface area contributed by atoms with E-state index in [2.05, 4.69) is 4.72 Å². The van der Waals surface area contributed by atoms with Crippen molar-refractivity contribution in [3.63, 3.8) is 0 Å². The molecule has 2 aromatic carbocycles. The quantitative estimate of drug-likeness (QED) is 0.797. The molecule has 8 heteroatoms. The van der Waals surface area contributed by atoms with Crippen LogP contribution in [-0.2, 0) is 10.0 Å². The van der Waals surface area contributed by atoms with Gasteiger partial charge in [0, 0.05) is 31.4 Å². The number of aliphatic hydroxyl groups is 1. The summed E-state index contributed by atoms with van der Waals surface area (Å²) in [5.74, 6) is 0. The van der Waals surface area contributed by atoms with Gasteiger partial charge in [-0.1, -0.05) is 35.3 Å². The lowest BCUT2D eigenvalue weighted by atomic mass is 10.1. The lowest BCUT2D eigenvalue weighted by Crippen LogP contribution is -2.28. The standard InChI is InChI=1S/C16H18Cl2N2O3S/c1-20(2)13-6-3-11(4-7-13)15(21)10-19-24(22,23)16-9-12(17)5-8-14(16)18/h3-9,15,19,21H,10H2,1-2H3/t15-/m1/s1. The number of benzene rings is 2. The van der Waals surface area contributed by atoms with Crippen LogP contribution < -0.4 is 9.62 Å². The maximum atomic E-state index is 12.3. The van der Waals surface area contributed by atoms with Gasteiger partial charge in [0.25, 0.3) is 0 Å². The Labute approximate surface area is 151 Å². The zero-order valence-corrected chi connectivity index (χ0v) is 15.5. The Morgan fingerprint density at radius 3 is 2.33 bits per heavy atom. The second kappa shape index (κ2) is 7.72. The van der Waals surface area contributed by atoms with E-state index < -0.39 is 16.1 Å². The number of rotatable bonds is 6. The molecule has 2 N–H and O–H groups in total. The highest BCUT2D eigenvalue weighted by molar-refractivity contribution is 7.89. The van der Waals surface area contributed by atoms with Crippen LogP contribution in [0.3, 0.4) is 0 Å². The largest absolute Gasteiger partial charge is 0.387 e. The molecule has 24 heavy (non-hydrogen) atoms. The lowest BCUT2D eigenvalue weighted by Gasteiger charge is -2.16. The van der Waals surface area contributed by atoms with E-state index >= 15 is 0 Å². The molecule has 0 aromatic heterocycles. The molecule has 130 valence electrons. The average Bonchev–Trinajstić information content (AvgIpc) is 2.55. The van der Waals surface area contributed by atoms with E-state index in [9.17, 15) is 13.5 Å². The van der Waals surface area contributed by atoms with Crippen molar-refractivity contribution < 1.29 is 13.5 Å². The van der Waals surface area contributed by atoms with E-state index in [0.717, 1.165) is 5.69 Å². The van der Waals surface area contributed by atoms with Crippen LogP contribution in [0, 0.1) is 0 Å². The lowest BCUT2D eigenvalue weighted by molar-refractivity contribution is 0.182. The fourth-order valence-electron chi connectivity index (χ4n) is 2.06. The molecule has 5 nitrogen and oxygen atoms in total. The molecule has 0 aliphatic heterocycles. The molecule has 0 unspecified atom stereocenters. The molecular formula is C16H18Cl2N2O3S. The number of hydrogen-bond donors (Lipinski definition) is 2. The minimum Gasteiger partial charge on any atom is -0.387 e. The Bertz CT molecular complexity index is 809. The smallest absolute Gasteiger partial charge is 0.242 e. The van der Waals surface area contributed by atoms with Crippen molar-refractivity contribution in [3.05, 3.63) is 58.1 Å². The molecule has 0 fully saturated rings. The fourth-order valence-corrected chi connectivity index (χ4v) is 3.86. The van der Waals surface area contributed by atoms with Crippen molar-refractivity contribution in [1.82, 2.24) is 4.72 Å². The van der Waals surface area contributed by atoms with E-state index in [1.807, 2.05) is 31.1 Å². The van der Waals surface area contributed by atoms with Crippen LogP contribution >= 0.6 is 23.2 Å². The monoisotopic (exact) mass is 388 g/mol. The molecule has 0 aliphatic rings. The summed E-state index contributed by atoms with van der Waals surface area (Å²) < 4.78 is 27.0. The van der Waals surface area contributed by atoms with E-state index in [4.69, 9.17) is 23.2 Å². The van der Waals surface area contributed by atoms with Gasteiger partial charge in [0.1, 0.15) is 4.90 Å². The third-order valence-electron chi connectivity index (χ3n) is 3.44. The van der Waals surface area contributed by atoms with Gasteiger partial charge in [0.15, 0.2) is 0 Å². The van der Waals surface area contributed by atoms with Gasteiger partial charge in [-0.15, -0.1) is 0 Å². The first-order valence-corrected chi connectivity index (χ1v) is 9.34. The average molecular weight is 389 g/mol. The van der Waals surface area contributed by atoms with E-state index in [1.165, 1.54) is 18.2 Å². The highest BCUT2D eigenvalue weighted by Crippen LogP contribution is 2.25. The van der Waals surface area contributed by atoms with Gasteiger partial charge in [0.2, 0.25) is 10.0 Å². The molecule has 2 aromatic rings. The summed E-state index contributed by atoms with van der Waals surface area (Å²) in [5, 5.41) is 10.5. The van der Waals surface area contributed by atoms with E-state index in [0.29, 0.717) is 5.56 Å². The molecule has 0 bridgehead atoms.